The van der Waals surface area contributed by atoms with E-state index >= 15 is 0 Å². The molecule has 0 radical (unpaired) electrons. The Morgan fingerprint density at radius 1 is 1.53 bits per heavy atom. The van der Waals surface area contributed by atoms with Gasteiger partial charge in [-0.3, -0.25) is 4.68 Å². The third-order valence-electron chi connectivity index (χ3n) is 3.75. The molecule has 0 aromatic carbocycles. The second-order valence-electron chi connectivity index (χ2n) is 5.35. The number of hydrogen-bond acceptors (Lipinski definition) is 3. The number of halogens is 1. The highest BCUT2D eigenvalue weighted by Crippen LogP contribution is 2.32. The number of likely N-dealkylation sites (N-methyl/N-ethyl adjacent to an activating group) is 1. The van der Waals surface area contributed by atoms with Crippen molar-refractivity contribution in [2.75, 3.05) is 13.6 Å². The van der Waals surface area contributed by atoms with Gasteiger partial charge in [-0.2, -0.15) is 5.10 Å². The van der Waals surface area contributed by atoms with E-state index < -0.39 is 5.60 Å². The standard InChI is InChI=1S/C12H20ClN3O/c1-8-5-12(17,7-15(8)3)6-10-9(2)14-16(4)11(10)13/h8,17H,5-7H2,1-4H3. The molecule has 0 spiro atoms. The minimum Gasteiger partial charge on any atom is -0.388 e. The van der Waals surface area contributed by atoms with Crippen LogP contribution >= 0.6 is 11.6 Å². The SMILES string of the molecule is Cc1nn(C)c(Cl)c1CC1(O)CC(C)N(C)C1. The van der Waals surface area contributed by atoms with Gasteiger partial charge in [0.2, 0.25) is 0 Å². The summed E-state index contributed by atoms with van der Waals surface area (Å²) in [6.07, 6.45) is 1.37. The molecule has 0 saturated carbocycles. The minimum atomic E-state index is -0.675. The molecule has 2 heterocycles. The summed E-state index contributed by atoms with van der Waals surface area (Å²) in [5.41, 5.74) is 1.21. The minimum absolute atomic E-state index is 0.413. The summed E-state index contributed by atoms with van der Waals surface area (Å²) in [7, 11) is 3.87. The van der Waals surface area contributed by atoms with E-state index in [1.165, 1.54) is 0 Å². The lowest BCUT2D eigenvalue weighted by atomic mass is 9.92. The summed E-state index contributed by atoms with van der Waals surface area (Å²) in [6, 6.07) is 0.413. The number of aryl methyl sites for hydroxylation is 2. The first-order valence-corrected chi connectivity index (χ1v) is 6.31. The van der Waals surface area contributed by atoms with Crippen LogP contribution in [0.15, 0.2) is 0 Å². The normalized spacial score (nSPS) is 30.1. The molecule has 1 aliphatic rings. The smallest absolute Gasteiger partial charge is 0.130 e. The number of likely N-dealkylation sites (tertiary alicyclic amines) is 1. The summed E-state index contributed by atoms with van der Waals surface area (Å²) >= 11 is 6.20. The molecule has 17 heavy (non-hydrogen) atoms. The van der Waals surface area contributed by atoms with Crippen LogP contribution in [-0.2, 0) is 13.5 Å². The van der Waals surface area contributed by atoms with Crippen LogP contribution in [0, 0.1) is 6.92 Å². The zero-order chi connectivity index (χ0) is 12.8. The summed E-state index contributed by atoms with van der Waals surface area (Å²) in [4.78, 5) is 2.18. The molecule has 4 nitrogen and oxygen atoms in total. The number of aliphatic hydroxyl groups is 1. The first-order chi connectivity index (χ1) is 7.82. The van der Waals surface area contributed by atoms with E-state index in [4.69, 9.17) is 11.6 Å². The lowest BCUT2D eigenvalue weighted by Gasteiger charge is -2.22. The molecule has 2 rings (SSSR count). The van der Waals surface area contributed by atoms with Crippen LogP contribution in [0.5, 0.6) is 0 Å². The highest BCUT2D eigenvalue weighted by molar-refractivity contribution is 6.30. The predicted molar refractivity (Wildman–Crippen MR) is 68.3 cm³/mol. The third kappa shape index (κ3) is 2.34. The van der Waals surface area contributed by atoms with Crippen LogP contribution in [0.25, 0.3) is 0 Å². The first-order valence-electron chi connectivity index (χ1n) is 5.93. The van der Waals surface area contributed by atoms with Gasteiger partial charge in [0.05, 0.1) is 11.3 Å². The number of nitrogens with zero attached hydrogens (tertiary/aromatic N) is 3. The molecule has 0 bridgehead atoms. The highest BCUT2D eigenvalue weighted by Gasteiger charge is 2.40. The molecule has 0 amide bonds. The van der Waals surface area contributed by atoms with Crippen molar-refractivity contribution in [3.8, 4) is 0 Å². The molecule has 1 aliphatic heterocycles. The Kier molecular flexibility index (Phi) is 3.23. The maximum atomic E-state index is 10.6. The van der Waals surface area contributed by atoms with Gasteiger partial charge < -0.3 is 10.0 Å². The van der Waals surface area contributed by atoms with Crippen molar-refractivity contribution in [1.29, 1.82) is 0 Å². The second-order valence-corrected chi connectivity index (χ2v) is 5.71. The molecule has 96 valence electrons. The van der Waals surface area contributed by atoms with E-state index in [9.17, 15) is 5.11 Å². The molecule has 1 aromatic rings. The number of rotatable bonds is 2. The summed E-state index contributed by atoms with van der Waals surface area (Å²) in [6.45, 7) is 4.77. The Hall–Kier alpha value is -0.580. The van der Waals surface area contributed by atoms with Crippen LogP contribution in [0.2, 0.25) is 5.15 Å². The van der Waals surface area contributed by atoms with Gasteiger partial charge >= 0.3 is 0 Å². The predicted octanol–water partition coefficient (Wildman–Crippen LogP) is 1.38. The van der Waals surface area contributed by atoms with Crippen LogP contribution < -0.4 is 0 Å². The van der Waals surface area contributed by atoms with Crippen molar-refractivity contribution in [2.45, 2.75) is 38.3 Å². The fraction of sp³-hybridized carbons (Fsp3) is 0.750. The Labute approximate surface area is 107 Å². The molecule has 2 atom stereocenters. The summed E-state index contributed by atoms with van der Waals surface area (Å²) in [5.74, 6) is 0. The van der Waals surface area contributed by atoms with Gasteiger partial charge in [0.15, 0.2) is 0 Å². The maximum absolute atomic E-state index is 10.6. The lowest BCUT2D eigenvalue weighted by Crippen LogP contribution is -2.34. The molecule has 0 aliphatic carbocycles. The monoisotopic (exact) mass is 257 g/mol. The molecule has 1 N–H and O–H groups in total. The molecular weight excluding hydrogens is 238 g/mol. The van der Waals surface area contributed by atoms with Crippen LogP contribution in [0.3, 0.4) is 0 Å². The van der Waals surface area contributed by atoms with E-state index in [2.05, 4.69) is 16.9 Å². The molecule has 1 aromatic heterocycles. The molecule has 5 heteroatoms. The van der Waals surface area contributed by atoms with Crippen molar-refractivity contribution in [3.05, 3.63) is 16.4 Å². The number of aromatic nitrogens is 2. The van der Waals surface area contributed by atoms with Gasteiger partial charge in [-0.1, -0.05) is 11.6 Å². The van der Waals surface area contributed by atoms with Gasteiger partial charge in [-0.25, -0.2) is 0 Å². The summed E-state index contributed by atoms with van der Waals surface area (Å²) < 4.78 is 1.66. The van der Waals surface area contributed by atoms with Gasteiger partial charge in [0, 0.05) is 31.6 Å². The van der Waals surface area contributed by atoms with E-state index in [0.29, 0.717) is 24.2 Å². The largest absolute Gasteiger partial charge is 0.388 e. The fourth-order valence-corrected chi connectivity index (χ4v) is 2.96. The quantitative estimate of drug-likeness (QED) is 0.870. The lowest BCUT2D eigenvalue weighted by molar-refractivity contribution is 0.0519. The van der Waals surface area contributed by atoms with Crippen molar-refractivity contribution in [1.82, 2.24) is 14.7 Å². The van der Waals surface area contributed by atoms with Crippen molar-refractivity contribution in [3.63, 3.8) is 0 Å². The maximum Gasteiger partial charge on any atom is 0.130 e. The second kappa shape index (κ2) is 4.26. The molecular formula is C12H20ClN3O. The average Bonchev–Trinajstić information content (AvgIpc) is 2.59. The van der Waals surface area contributed by atoms with E-state index in [-0.39, 0.29) is 0 Å². The Morgan fingerprint density at radius 3 is 2.59 bits per heavy atom. The zero-order valence-corrected chi connectivity index (χ0v) is 11.6. The number of β-amino-alcohol motifs (C(OH)–C–C–N with tert-alkyl or cyclic N) is 1. The first kappa shape index (κ1) is 12.9. The zero-order valence-electron chi connectivity index (χ0n) is 10.9. The molecule has 1 saturated heterocycles. The van der Waals surface area contributed by atoms with Gasteiger partial charge in [0.1, 0.15) is 5.15 Å². The summed E-state index contributed by atoms with van der Waals surface area (Å²) in [5, 5.41) is 15.5. The number of hydrogen-bond donors (Lipinski definition) is 1. The Morgan fingerprint density at radius 2 is 2.18 bits per heavy atom. The average molecular weight is 258 g/mol. The van der Waals surface area contributed by atoms with Crippen LogP contribution in [-0.4, -0.2) is 45.0 Å². The van der Waals surface area contributed by atoms with Gasteiger partial charge in [0.25, 0.3) is 0 Å². The molecule has 1 fully saturated rings. The van der Waals surface area contributed by atoms with Gasteiger partial charge in [-0.15, -0.1) is 0 Å². The van der Waals surface area contributed by atoms with Crippen molar-refractivity contribution in [2.24, 2.45) is 7.05 Å². The third-order valence-corrected chi connectivity index (χ3v) is 4.22. The fourth-order valence-electron chi connectivity index (χ4n) is 2.72. The Bertz CT molecular complexity index is 420. The van der Waals surface area contributed by atoms with Crippen molar-refractivity contribution >= 4 is 11.6 Å². The topological polar surface area (TPSA) is 41.3 Å². The van der Waals surface area contributed by atoms with E-state index in [1.807, 2.05) is 21.0 Å². The van der Waals surface area contributed by atoms with Crippen LogP contribution in [0.4, 0.5) is 0 Å². The molecule has 2 unspecified atom stereocenters. The highest BCUT2D eigenvalue weighted by atomic mass is 35.5. The Balaban J connectivity index is 2.21. The van der Waals surface area contributed by atoms with E-state index in [0.717, 1.165) is 17.7 Å². The van der Waals surface area contributed by atoms with Crippen LogP contribution in [0.1, 0.15) is 24.6 Å². The van der Waals surface area contributed by atoms with Gasteiger partial charge in [-0.05, 0) is 27.3 Å². The van der Waals surface area contributed by atoms with E-state index in [1.54, 1.807) is 4.68 Å². The van der Waals surface area contributed by atoms with Crippen molar-refractivity contribution < 1.29 is 5.11 Å².